The second-order valence-corrected chi connectivity index (χ2v) is 17.3. The van der Waals surface area contributed by atoms with Crippen molar-refractivity contribution in [2.45, 2.75) is 148 Å². The van der Waals surface area contributed by atoms with Gasteiger partial charge in [-0.1, -0.05) is 169 Å². The minimum Gasteiger partial charge on any atom is -0.445 e. The number of likely N-dealkylation sites (tertiary alicyclic amines) is 1. The van der Waals surface area contributed by atoms with E-state index >= 15 is 0 Å². The molecular weight excluding hydrogens is 791 g/mol. The van der Waals surface area contributed by atoms with Gasteiger partial charge in [-0.15, -0.1) is 0 Å². The van der Waals surface area contributed by atoms with Crippen LogP contribution in [0.3, 0.4) is 0 Å². The Morgan fingerprint density at radius 1 is 0.714 bits per heavy atom. The number of aliphatic hydroxyl groups is 1. The van der Waals surface area contributed by atoms with Gasteiger partial charge in [0.15, 0.2) is 6.29 Å². The molecule has 338 valence electrons. The van der Waals surface area contributed by atoms with Crippen LogP contribution in [-0.4, -0.2) is 64.6 Å². The van der Waals surface area contributed by atoms with Crippen molar-refractivity contribution in [1.82, 2.24) is 15.1 Å². The summed E-state index contributed by atoms with van der Waals surface area (Å²) in [5.74, 6) is -0.803. The molecule has 0 aromatic heterocycles. The van der Waals surface area contributed by atoms with Gasteiger partial charge in [0.05, 0.1) is 31.8 Å². The van der Waals surface area contributed by atoms with Crippen molar-refractivity contribution in [3.63, 3.8) is 0 Å². The predicted octanol–water partition coefficient (Wildman–Crippen LogP) is 11.0. The molecule has 4 aromatic carbocycles. The number of carbonyl (C=O) groups excluding carboxylic acids is 3. The van der Waals surface area contributed by atoms with Gasteiger partial charge in [0.25, 0.3) is 5.91 Å². The van der Waals surface area contributed by atoms with Crippen LogP contribution in [0.2, 0.25) is 0 Å². The van der Waals surface area contributed by atoms with Gasteiger partial charge in [-0.3, -0.25) is 14.5 Å². The van der Waals surface area contributed by atoms with E-state index < -0.39 is 24.3 Å². The average molecular weight is 860 g/mol. The fraction of sp³-hybridized carbons (Fsp3) is 0.491. The molecule has 2 N–H and O–H groups in total. The summed E-state index contributed by atoms with van der Waals surface area (Å²) in [5.41, 5.74) is 6.35. The van der Waals surface area contributed by atoms with E-state index in [0.717, 1.165) is 65.0 Å². The molecule has 2 aliphatic rings. The highest BCUT2D eigenvalue weighted by Gasteiger charge is 2.40. The highest BCUT2D eigenvalue weighted by Crippen LogP contribution is 2.39. The summed E-state index contributed by atoms with van der Waals surface area (Å²) in [6, 6.07) is 32.4. The van der Waals surface area contributed by atoms with Crippen LogP contribution in [-0.2, 0) is 43.6 Å². The molecular formula is C53H69N3O7. The Balaban J connectivity index is 1.13. The monoisotopic (exact) mass is 860 g/mol. The number of imide groups is 1. The van der Waals surface area contributed by atoms with Gasteiger partial charge in [0.2, 0.25) is 5.91 Å². The minimum absolute atomic E-state index is 0.00557. The van der Waals surface area contributed by atoms with Gasteiger partial charge >= 0.3 is 6.09 Å². The summed E-state index contributed by atoms with van der Waals surface area (Å²) in [5, 5.41) is 12.3. The van der Waals surface area contributed by atoms with Gasteiger partial charge in [-0.25, -0.2) is 4.79 Å². The van der Waals surface area contributed by atoms with E-state index in [9.17, 15) is 19.5 Å². The van der Waals surface area contributed by atoms with Crippen molar-refractivity contribution in [3.8, 4) is 11.1 Å². The van der Waals surface area contributed by atoms with Crippen LogP contribution >= 0.6 is 0 Å². The first-order valence-electron chi connectivity index (χ1n) is 23.6. The van der Waals surface area contributed by atoms with Crippen LogP contribution < -0.4 is 5.32 Å². The molecule has 0 saturated carbocycles. The molecule has 4 atom stereocenters. The Hall–Kier alpha value is -4.87. The number of hydrogen-bond donors (Lipinski definition) is 2. The Bertz CT molecular complexity index is 1990. The van der Waals surface area contributed by atoms with Crippen molar-refractivity contribution in [2.24, 2.45) is 0 Å². The molecule has 0 bridgehead atoms. The Labute approximate surface area is 375 Å². The summed E-state index contributed by atoms with van der Waals surface area (Å²) in [6.45, 7) is 7.66. The topological polar surface area (TPSA) is 118 Å². The van der Waals surface area contributed by atoms with Gasteiger partial charge in [0.1, 0.15) is 12.6 Å². The van der Waals surface area contributed by atoms with E-state index in [1.807, 2.05) is 78.9 Å². The summed E-state index contributed by atoms with van der Waals surface area (Å²) in [6.07, 6.45) is 14.3. The molecule has 2 aliphatic heterocycles. The lowest BCUT2D eigenvalue weighted by Crippen LogP contribution is -2.41. The van der Waals surface area contributed by atoms with E-state index in [-0.39, 0.29) is 44.3 Å². The number of nitrogens with one attached hydrogen (secondary N) is 1. The maximum absolute atomic E-state index is 13.4. The third-order valence-corrected chi connectivity index (χ3v) is 12.2. The van der Waals surface area contributed by atoms with Gasteiger partial charge in [-0.2, -0.15) is 0 Å². The van der Waals surface area contributed by atoms with Crippen molar-refractivity contribution >= 4 is 17.9 Å². The molecule has 0 spiro atoms. The largest absolute Gasteiger partial charge is 0.445 e. The van der Waals surface area contributed by atoms with Crippen LogP contribution in [0.5, 0.6) is 0 Å². The Kier molecular flexibility index (Phi) is 19.2. The highest BCUT2D eigenvalue weighted by molar-refractivity contribution is 6.06. The third kappa shape index (κ3) is 14.9. The Morgan fingerprint density at radius 2 is 1.35 bits per heavy atom. The van der Waals surface area contributed by atoms with Crippen LogP contribution in [0.1, 0.15) is 144 Å². The zero-order valence-corrected chi connectivity index (χ0v) is 37.6. The number of benzene rings is 4. The number of hydrogen-bond acceptors (Lipinski definition) is 8. The molecule has 2 heterocycles. The van der Waals surface area contributed by atoms with E-state index in [1.165, 1.54) is 81.9 Å². The SMILES string of the molecule is CCCCCCCCN(CCCCCCCC)C[C@@H]1C[C@H](c2ccc(CO)cc2)O[C@H](c2cccc(-c3cccc(CN4C(=O)CC(NC(=O)OCc5ccccc5)C4=O)c3)c2)O1. The van der Waals surface area contributed by atoms with Gasteiger partial charge in [-0.05, 0) is 71.4 Å². The van der Waals surface area contributed by atoms with Crippen molar-refractivity contribution in [3.05, 3.63) is 131 Å². The molecule has 3 amide bonds. The number of carbonyl (C=O) groups is 3. The molecule has 4 aromatic rings. The lowest BCUT2D eigenvalue weighted by molar-refractivity contribution is -0.253. The standard InChI is InChI=1S/C53H69N3O7/c1-3-5-7-9-11-16-30-55(31-17-12-10-8-6-4-2)37-47-34-49(43-28-26-40(38-57)27-29-43)63-52(62-47)46-25-19-24-45(33-46)44-23-18-22-42(32-44)36-56-50(58)35-48(51(56)59)54-53(60)61-39-41-20-14-13-15-21-41/h13-15,18-29,32-33,47-49,52,57H,3-12,16-17,30-31,34-39H2,1-2H3,(H,54,60)/t47-,48?,49+,52+/m0/s1. The first-order valence-corrected chi connectivity index (χ1v) is 23.6. The van der Waals surface area contributed by atoms with Crippen LogP contribution in [0.15, 0.2) is 103 Å². The fourth-order valence-corrected chi connectivity index (χ4v) is 8.61. The number of alkyl carbamates (subject to hydrolysis) is 1. The predicted molar refractivity (Wildman–Crippen MR) is 247 cm³/mol. The number of nitrogens with zero attached hydrogens (tertiary/aromatic N) is 2. The molecule has 0 radical (unpaired) electrons. The van der Waals surface area contributed by atoms with E-state index in [0.29, 0.717) is 0 Å². The zero-order chi connectivity index (χ0) is 44.2. The lowest BCUT2D eigenvalue weighted by Gasteiger charge is -2.38. The number of aliphatic hydroxyl groups excluding tert-OH is 1. The first kappa shape index (κ1) is 47.6. The Morgan fingerprint density at radius 3 is 2.03 bits per heavy atom. The zero-order valence-electron chi connectivity index (χ0n) is 37.6. The summed E-state index contributed by atoms with van der Waals surface area (Å²) in [4.78, 5) is 42.8. The first-order chi connectivity index (χ1) is 30.8. The second-order valence-electron chi connectivity index (χ2n) is 17.3. The molecule has 10 heteroatoms. The number of rotatable bonds is 25. The molecule has 0 aliphatic carbocycles. The molecule has 1 unspecified atom stereocenters. The average Bonchev–Trinajstić information content (AvgIpc) is 3.57. The van der Waals surface area contributed by atoms with Crippen LogP contribution in [0.25, 0.3) is 11.1 Å². The molecule has 2 saturated heterocycles. The van der Waals surface area contributed by atoms with Crippen molar-refractivity contribution < 1.29 is 33.7 Å². The normalized spacial score (nSPS) is 18.9. The number of unbranched alkanes of at least 4 members (excludes halogenated alkanes) is 10. The van der Waals surface area contributed by atoms with Gasteiger partial charge in [0, 0.05) is 18.5 Å². The van der Waals surface area contributed by atoms with E-state index in [1.54, 1.807) is 0 Å². The highest BCUT2D eigenvalue weighted by atomic mass is 16.7. The van der Waals surface area contributed by atoms with Crippen LogP contribution in [0.4, 0.5) is 4.79 Å². The minimum atomic E-state index is -0.977. The quantitative estimate of drug-likeness (QED) is 0.0500. The lowest BCUT2D eigenvalue weighted by atomic mass is 9.98. The van der Waals surface area contributed by atoms with E-state index in [2.05, 4.69) is 48.3 Å². The molecule has 6 rings (SSSR count). The second kappa shape index (κ2) is 25.4. The number of amides is 3. The maximum atomic E-state index is 13.4. The van der Waals surface area contributed by atoms with Crippen molar-refractivity contribution in [2.75, 3.05) is 19.6 Å². The van der Waals surface area contributed by atoms with Gasteiger partial charge < -0.3 is 29.5 Å². The van der Waals surface area contributed by atoms with Crippen molar-refractivity contribution in [1.29, 1.82) is 0 Å². The third-order valence-electron chi connectivity index (χ3n) is 12.2. The summed E-state index contributed by atoms with van der Waals surface area (Å²) < 4.78 is 19.0. The van der Waals surface area contributed by atoms with E-state index in [4.69, 9.17) is 14.2 Å². The smallest absolute Gasteiger partial charge is 0.408 e. The van der Waals surface area contributed by atoms with Crippen LogP contribution in [0, 0.1) is 0 Å². The number of ether oxygens (including phenoxy) is 3. The summed E-state index contributed by atoms with van der Waals surface area (Å²) >= 11 is 0. The maximum Gasteiger partial charge on any atom is 0.408 e. The summed E-state index contributed by atoms with van der Waals surface area (Å²) in [7, 11) is 0. The molecule has 63 heavy (non-hydrogen) atoms. The molecule has 2 fully saturated rings. The fourth-order valence-electron chi connectivity index (χ4n) is 8.61. The molecule has 10 nitrogen and oxygen atoms in total.